The molecule has 0 aromatic heterocycles. The van der Waals surface area contributed by atoms with E-state index in [-0.39, 0.29) is 7.43 Å². The fraction of sp³-hybridized carbons (Fsp3) is 0.344. The summed E-state index contributed by atoms with van der Waals surface area (Å²) in [6, 6.07) is 0. The van der Waals surface area contributed by atoms with Gasteiger partial charge in [0.1, 0.15) is 33.2 Å². The maximum Gasteiger partial charge on any atom is 0.102 e. The number of terminal acetylenes is 2. The van der Waals surface area contributed by atoms with Crippen LogP contribution >= 0.6 is 0 Å². The molecule has 128 heavy (non-hydrogen) atoms. The predicted octanol–water partition coefficient (Wildman–Crippen LogP) is 12.1. The summed E-state index contributed by atoms with van der Waals surface area (Å²) in [5, 5.41) is 0. The molecule has 0 radical (unpaired) electrons. The SMILES string of the molecule is C.C#CC#CC#CC#CC#CC#CC#CC#CC#CC#CC#CC#CC#CC#CC#CC#CC#CC#CC#CC#CC#CC#CC#CC#CC#CC#CC#CC#CC#CC#CC#CC#CC#CC#CC#CC#CC#CC#CC#CC#CC#C.CC(C)(C)CC1C(C)(C)[N+](C)(C)C1(C)C.CC(C)(C)CC1C(C)(C)[N+](C)(C)C1(C)C.CC(C)(C)CC1C(C)(C)[N+](C)(C)C1(C)C. The van der Waals surface area contributed by atoms with Crippen LogP contribution < -0.4 is 0 Å². The second-order valence-corrected chi connectivity index (χ2v) is 34.3. The molecule has 0 amide bonds. The minimum absolute atomic E-state index is 0. The van der Waals surface area contributed by atoms with Gasteiger partial charge in [0.05, 0.1) is 60.0 Å². The molecule has 3 rings (SSSR count). The first-order valence-corrected chi connectivity index (χ1v) is 38.9. The first kappa shape index (κ1) is 112. The van der Waals surface area contributed by atoms with E-state index in [1.54, 1.807) is 0 Å². The van der Waals surface area contributed by atoms with Crippen LogP contribution in [0.25, 0.3) is 0 Å². The Bertz CT molecular complexity index is 6700. The van der Waals surface area contributed by atoms with Gasteiger partial charge in [0.2, 0.25) is 0 Å². The molecule has 0 aromatic rings. The third-order valence-electron chi connectivity index (χ3n) is 21.2. The summed E-state index contributed by atoms with van der Waals surface area (Å²) in [6.07, 6.45) is 13.9. The summed E-state index contributed by atoms with van der Waals surface area (Å²) in [4.78, 5) is 0. The van der Waals surface area contributed by atoms with E-state index in [0.29, 0.717) is 49.5 Å². The van der Waals surface area contributed by atoms with E-state index in [9.17, 15) is 0 Å². The number of nitrogens with zero attached hydrogens (tertiary/aromatic N) is 3. The molecular formula is C125H96N3+3. The third-order valence-corrected chi connectivity index (χ3v) is 21.2. The van der Waals surface area contributed by atoms with Crippen LogP contribution in [0.5, 0.6) is 0 Å². The van der Waals surface area contributed by atoms with Crippen LogP contribution in [-0.2, 0) is 0 Å². The maximum absolute atomic E-state index is 4.95. The Morgan fingerprint density at radius 1 is 0.156 bits per heavy atom. The lowest BCUT2D eigenvalue weighted by Crippen LogP contribution is -2.84. The van der Waals surface area contributed by atoms with Crippen molar-refractivity contribution in [3.8, 4) is 486 Å². The highest BCUT2D eigenvalue weighted by Gasteiger charge is 2.71. The predicted molar refractivity (Wildman–Crippen MR) is 531 cm³/mol. The van der Waals surface area contributed by atoms with Gasteiger partial charge in [0.15, 0.2) is 0 Å². The molecule has 0 aromatic carbocycles. The quantitative estimate of drug-likeness (QED) is 0.195. The molecule has 3 nitrogen and oxygen atoms in total. The maximum atomic E-state index is 4.95. The van der Waals surface area contributed by atoms with Gasteiger partial charge in [-0.25, -0.2) is 0 Å². The third kappa shape index (κ3) is 44.8. The fourth-order valence-electron chi connectivity index (χ4n) is 12.7. The summed E-state index contributed by atoms with van der Waals surface area (Å²) >= 11 is 0. The summed E-state index contributed by atoms with van der Waals surface area (Å²) in [5.74, 6) is 201. The highest BCUT2D eigenvalue weighted by Crippen LogP contribution is 2.60. The number of likely N-dealkylation sites (tertiary alicyclic amines) is 3. The second kappa shape index (κ2) is 59.5. The molecule has 0 aliphatic carbocycles. The molecule has 0 spiro atoms. The Hall–Kier alpha value is -18.2. The zero-order valence-corrected chi connectivity index (χ0v) is 77.8. The van der Waals surface area contributed by atoms with Crippen LogP contribution in [0.15, 0.2) is 0 Å². The van der Waals surface area contributed by atoms with Crippen LogP contribution in [-0.4, -0.2) is 89.0 Å². The number of quaternary nitrogens is 3. The highest BCUT2D eigenvalue weighted by atomic mass is 15.5. The van der Waals surface area contributed by atoms with E-state index in [4.69, 9.17) is 12.8 Å². The Labute approximate surface area is 776 Å². The molecule has 3 aliphatic heterocycles. The molecule has 3 aliphatic rings. The molecule has 3 fully saturated rings. The molecule has 3 heteroatoms. The van der Waals surface area contributed by atoms with Crippen molar-refractivity contribution in [2.75, 3.05) is 42.3 Å². The zero-order chi connectivity index (χ0) is 95.4. The summed E-state index contributed by atoms with van der Waals surface area (Å²) in [7, 11) is 14.2. The molecule has 0 bridgehead atoms. The van der Waals surface area contributed by atoms with Crippen LogP contribution in [0.2, 0.25) is 0 Å². The summed E-state index contributed by atoms with van der Waals surface area (Å²) < 4.78 is 3.42. The van der Waals surface area contributed by atoms with Gasteiger partial charge in [-0.1, -0.05) is 69.7 Å². The first-order chi connectivity index (χ1) is 59.9. The fourth-order valence-corrected chi connectivity index (χ4v) is 12.7. The molecule has 608 valence electrons. The molecular weight excluding hydrogens is 1540 g/mol. The van der Waals surface area contributed by atoms with E-state index in [1.807, 2.05) is 0 Å². The lowest BCUT2D eigenvalue weighted by Gasteiger charge is -2.71. The lowest BCUT2D eigenvalue weighted by molar-refractivity contribution is -1.04. The molecule has 0 saturated carbocycles. The van der Waals surface area contributed by atoms with E-state index in [0.717, 1.165) is 31.2 Å². The van der Waals surface area contributed by atoms with Crippen molar-refractivity contribution in [2.24, 2.45) is 34.0 Å². The lowest BCUT2D eigenvalue weighted by atomic mass is 9.56. The number of rotatable bonds is 3. The standard InChI is InChI=1S/C82H2.3C14H30N.CH4/c1-3-5-7-9-11-13-15-17-19-21-23-25-27-29-31-33-35-37-39-41-43-45-47-49-51-53-55-57-59-61-63-65-67-69-71-73-75-77-79-81-82-80-78-76-74-72-70-68-66-64-62-60-58-56-54-52-50-48-46-44-42-40-38-36-34-32-30-28-26-24-22-20-18-16-14-12-10-8-6-4-2;3*1-12(2,3)10-11-13(4,5)15(8,9)14(11,6)7;/h1-2H;3*11H,10H2,1-9H3;1H4/q;3*+1;. The van der Waals surface area contributed by atoms with Gasteiger partial charge >= 0.3 is 0 Å². The smallest absolute Gasteiger partial charge is 0.102 e. The number of hydrogen-bond donors (Lipinski definition) is 0. The molecule has 0 unspecified atom stereocenters. The Balaban J connectivity index is 0. The summed E-state index contributed by atoms with van der Waals surface area (Å²) in [6.45, 7) is 50.3. The Kier molecular flexibility index (Phi) is 52.0. The minimum atomic E-state index is 0. The molecule has 0 N–H and O–H groups in total. The van der Waals surface area contributed by atoms with E-state index in [2.05, 4.69) is 661 Å². The van der Waals surface area contributed by atoms with Crippen molar-refractivity contribution < 1.29 is 13.4 Å². The summed E-state index contributed by atoms with van der Waals surface area (Å²) in [5.41, 5.74) is 3.81. The minimum Gasteiger partial charge on any atom is -0.319 e. The van der Waals surface area contributed by atoms with Crippen LogP contribution in [0.3, 0.4) is 0 Å². The van der Waals surface area contributed by atoms with Crippen molar-refractivity contribution in [1.82, 2.24) is 0 Å². The monoisotopic (exact) mass is 1640 g/mol. The van der Waals surface area contributed by atoms with Crippen LogP contribution in [0, 0.1) is 520 Å². The van der Waals surface area contributed by atoms with Gasteiger partial charge in [-0.3, -0.25) is 0 Å². The molecule has 3 saturated heterocycles. The first-order valence-electron chi connectivity index (χ1n) is 38.9. The normalized spacial score (nSPS) is 12.6. The second-order valence-electron chi connectivity index (χ2n) is 34.3. The van der Waals surface area contributed by atoms with Crippen LogP contribution in [0.1, 0.15) is 172 Å². The van der Waals surface area contributed by atoms with Crippen molar-refractivity contribution in [1.29, 1.82) is 0 Å². The van der Waals surface area contributed by atoms with Crippen molar-refractivity contribution in [3.63, 3.8) is 0 Å². The van der Waals surface area contributed by atoms with E-state index in [1.165, 1.54) is 19.3 Å². The van der Waals surface area contributed by atoms with Gasteiger partial charge in [-0.2, -0.15) is 0 Å². The Morgan fingerprint density at radius 2 is 0.219 bits per heavy atom. The average Bonchev–Trinajstić information content (AvgIpc) is 0.698. The van der Waals surface area contributed by atoms with Gasteiger partial charge in [0, 0.05) is 379 Å². The highest BCUT2D eigenvalue weighted by molar-refractivity contribution is 5.54. The molecule has 3 heterocycles. The van der Waals surface area contributed by atoms with Crippen molar-refractivity contribution >= 4 is 0 Å². The van der Waals surface area contributed by atoms with Crippen molar-refractivity contribution in [2.45, 2.75) is 205 Å². The van der Waals surface area contributed by atoms with Crippen molar-refractivity contribution in [3.05, 3.63) is 0 Å². The van der Waals surface area contributed by atoms with Gasteiger partial charge < -0.3 is 13.4 Å². The van der Waals surface area contributed by atoms with Gasteiger partial charge in [-0.15, -0.1) is 12.8 Å². The van der Waals surface area contributed by atoms with E-state index < -0.39 is 0 Å². The van der Waals surface area contributed by atoms with Crippen LogP contribution in [0.4, 0.5) is 0 Å². The zero-order valence-electron chi connectivity index (χ0n) is 77.8. The van der Waals surface area contributed by atoms with Gasteiger partial charge in [0.25, 0.3) is 0 Å². The van der Waals surface area contributed by atoms with Gasteiger partial charge in [-0.05, 0) is 213 Å². The van der Waals surface area contributed by atoms with E-state index >= 15 is 0 Å². The number of hydrogen-bond acceptors (Lipinski definition) is 0. The largest absolute Gasteiger partial charge is 0.319 e. The average molecular weight is 1640 g/mol. The topological polar surface area (TPSA) is 0 Å². The molecule has 0 atom stereocenters. The Morgan fingerprint density at radius 3 is 0.273 bits per heavy atom.